The number of ketones is 1. The van der Waals surface area contributed by atoms with Crippen LogP contribution in [0.1, 0.15) is 24.5 Å². The molecule has 28 heavy (non-hydrogen) atoms. The van der Waals surface area contributed by atoms with Crippen molar-refractivity contribution in [1.29, 1.82) is 0 Å². The largest absolute Gasteiger partial charge is 0.492 e. The zero-order valence-electron chi connectivity index (χ0n) is 15.3. The van der Waals surface area contributed by atoms with Gasteiger partial charge in [0.25, 0.3) is 0 Å². The van der Waals surface area contributed by atoms with Crippen LogP contribution < -0.4 is 4.74 Å². The second-order valence-corrected chi connectivity index (χ2v) is 6.54. The van der Waals surface area contributed by atoms with E-state index in [1.807, 2.05) is 0 Å². The first-order chi connectivity index (χ1) is 13.4. The predicted octanol–water partition coefficient (Wildman–Crippen LogP) is 3.75. The van der Waals surface area contributed by atoms with E-state index in [-0.39, 0.29) is 33.7 Å². The lowest BCUT2D eigenvalue weighted by molar-refractivity contribution is 0.100. The molecule has 1 aromatic carbocycles. The minimum absolute atomic E-state index is 0.0975. The monoisotopic (exact) mass is 402 g/mol. The van der Waals surface area contributed by atoms with Gasteiger partial charge in [-0.2, -0.15) is 10.2 Å². The summed E-state index contributed by atoms with van der Waals surface area (Å²) in [6, 6.07) is 1.69. The van der Waals surface area contributed by atoms with Crippen LogP contribution in [-0.2, 0) is 7.05 Å². The average Bonchev–Trinajstić information content (AvgIpc) is 3.38. The topological polar surface area (TPSA) is 101 Å². The van der Waals surface area contributed by atoms with Crippen molar-refractivity contribution in [3.05, 3.63) is 35.1 Å². The van der Waals surface area contributed by atoms with Gasteiger partial charge in [-0.1, -0.05) is 11.6 Å². The lowest BCUT2D eigenvalue weighted by Crippen LogP contribution is -1.98. The van der Waals surface area contributed by atoms with E-state index in [0.29, 0.717) is 28.8 Å². The maximum atomic E-state index is 15.2. The number of carbonyl (C=O) groups excluding carboxylic acids is 1. The van der Waals surface area contributed by atoms with Gasteiger partial charge in [0.2, 0.25) is 0 Å². The van der Waals surface area contributed by atoms with E-state index < -0.39 is 5.82 Å². The number of carbonyl (C=O) groups is 1. The van der Waals surface area contributed by atoms with Crippen molar-refractivity contribution in [2.75, 3.05) is 6.61 Å². The quantitative estimate of drug-likeness (QED) is 0.495. The van der Waals surface area contributed by atoms with Crippen LogP contribution in [-0.4, -0.2) is 42.3 Å². The maximum absolute atomic E-state index is 15.2. The van der Waals surface area contributed by atoms with Gasteiger partial charge in [-0.15, -0.1) is 0 Å². The summed E-state index contributed by atoms with van der Waals surface area (Å²) in [7, 11) is 1.69. The molecule has 4 aromatic rings. The molecule has 0 radical (unpaired) electrons. The van der Waals surface area contributed by atoms with Crippen molar-refractivity contribution in [2.24, 2.45) is 7.05 Å². The van der Waals surface area contributed by atoms with E-state index in [9.17, 15) is 4.79 Å². The Morgan fingerprint density at radius 3 is 2.82 bits per heavy atom. The number of nitrogens with zero attached hydrogens (tertiary/aromatic N) is 4. The molecule has 0 saturated carbocycles. The molecule has 8 nitrogen and oxygen atoms in total. The van der Waals surface area contributed by atoms with E-state index in [1.54, 1.807) is 37.0 Å². The Hall–Kier alpha value is -3.20. The molecule has 0 fully saturated rings. The van der Waals surface area contributed by atoms with Crippen LogP contribution >= 0.6 is 11.6 Å². The molecule has 0 unspecified atom stereocenters. The summed E-state index contributed by atoms with van der Waals surface area (Å²) >= 11 is 6.19. The average molecular weight is 403 g/mol. The fourth-order valence-electron chi connectivity index (χ4n) is 3.25. The summed E-state index contributed by atoms with van der Waals surface area (Å²) in [5, 5.41) is 14.0. The molecule has 3 aromatic heterocycles. The fourth-order valence-corrected chi connectivity index (χ4v) is 3.44. The highest BCUT2D eigenvalue weighted by Crippen LogP contribution is 2.44. The van der Waals surface area contributed by atoms with E-state index in [2.05, 4.69) is 25.4 Å². The standard InChI is InChI=1S/C18H16ClFN6O2/c1-4-28-11-5-10-12(9-6-21-22-7-9)16(18-23-17(8(2)27)24-25-18)26(3)15(10)14(20)13(11)19/h5-7H,4H2,1-3H3,(H,21,22)(H,23,24,25). The van der Waals surface area contributed by atoms with Crippen molar-refractivity contribution < 1.29 is 13.9 Å². The minimum atomic E-state index is -0.608. The SMILES string of the molecule is CCOc1cc2c(-c3cn[nH]c3)c(-c3n[nH]c(C(C)=O)n3)n(C)c2c(F)c1Cl. The molecule has 0 atom stereocenters. The van der Waals surface area contributed by atoms with Gasteiger partial charge in [0, 0.05) is 36.7 Å². The number of rotatable bonds is 5. The molecule has 0 aliphatic carbocycles. The highest BCUT2D eigenvalue weighted by molar-refractivity contribution is 6.33. The van der Waals surface area contributed by atoms with Crippen LogP contribution in [0.2, 0.25) is 5.02 Å². The van der Waals surface area contributed by atoms with E-state index in [4.69, 9.17) is 16.3 Å². The molecule has 0 spiro atoms. The van der Waals surface area contributed by atoms with Gasteiger partial charge in [-0.3, -0.25) is 15.0 Å². The third-order valence-corrected chi connectivity index (χ3v) is 4.79. The van der Waals surface area contributed by atoms with Crippen LogP contribution in [0.3, 0.4) is 0 Å². The van der Waals surface area contributed by atoms with Crippen LogP contribution in [0.25, 0.3) is 33.5 Å². The Morgan fingerprint density at radius 2 is 2.21 bits per heavy atom. The molecular formula is C18H16ClFN6O2. The van der Waals surface area contributed by atoms with Crippen molar-refractivity contribution in [1.82, 2.24) is 29.9 Å². The van der Waals surface area contributed by atoms with Gasteiger partial charge < -0.3 is 9.30 Å². The second kappa shape index (κ2) is 6.75. The Kier molecular flexibility index (Phi) is 4.38. The molecule has 0 amide bonds. The second-order valence-electron chi connectivity index (χ2n) is 6.17. The molecule has 10 heteroatoms. The number of halogens is 2. The summed E-state index contributed by atoms with van der Waals surface area (Å²) in [5.74, 6) is -0.241. The number of hydrogen-bond donors (Lipinski definition) is 2. The number of hydrogen-bond acceptors (Lipinski definition) is 5. The summed E-state index contributed by atoms with van der Waals surface area (Å²) in [4.78, 5) is 15.9. The van der Waals surface area contributed by atoms with Crippen LogP contribution in [0, 0.1) is 5.82 Å². The highest BCUT2D eigenvalue weighted by atomic mass is 35.5. The third-order valence-electron chi connectivity index (χ3n) is 4.44. The number of benzene rings is 1. The van der Waals surface area contributed by atoms with Crippen LogP contribution in [0.4, 0.5) is 4.39 Å². The van der Waals surface area contributed by atoms with Gasteiger partial charge in [0.1, 0.15) is 10.8 Å². The van der Waals surface area contributed by atoms with Gasteiger partial charge in [0.05, 0.1) is 24.0 Å². The first kappa shape index (κ1) is 18.2. The van der Waals surface area contributed by atoms with Crippen molar-refractivity contribution in [3.63, 3.8) is 0 Å². The number of ether oxygens (including phenoxy) is 1. The Labute approximate surface area is 163 Å². The smallest absolute Gasteiger partial charge is 0.198 e. The molecule has 144 valence electrons. The molecule has 3 heterocycles. The first-order valence-electron chi connectivity index (χ1n) is 8.50. The van der Waals surface area contributed by atoms with Gasteiger partial charge in [-0.25, -0.2) is 9.37 Å². The maximum Gasteiger partial charge on any atom is 0.198 e. The lowest BCUT2D eigenvalue weighted by Gasteiger charge is -2.08. The number of aryl methyl sites for hydroxylation is 1. The predicted molar refractivity (Wildman–Crippen MR) is 102 cm³/mol. The molecule has 4 rings (SSSR count). The highest BCUT2D eigenvalue weighted by Gasteiger charge is 2.27. The summed E-state index contributed by atoms with van der Waals surface area (Å²) < 4.78 is 22.3. The van der Waals surface area contributed by atoms with Gasteiger partial charge in [0.15, 0.2) is 23.2 Å². The molecular weight excluding hydrogens is 387 g/mol. The molecule has 0 saturated heterocycles. The molecule has 0 aliphatic rings. The number of aromatic nitrogens is 6. The number of nitrogens with one attached hydrogen (secondary N) is 2. The number of fused-ring (bicyclic) bond motifs is 1. The molecule has 0 bridgehead atoms. The summed E-state index contributed by atoms with van der Waals surface area (Å²) in [6.45, 7) is 3.52. The lowest BCUT2D eigenvalue weighted by atomic mass is 10.0. The van der Waals surface area contributed by atoms with E-state index >= 15 is 4.39 Å². The van der Waals surface area contributed by atoms with Gasteiger partial charge in [-0.05, 0) is 13.0 Å². The summed E-state index contributed by atoms with van der Waals surface area (Å²) in [6.07, 6.45) is 3.30. The van der Waals surface area contributed by atoms with Gasteiger partial charge >= 0.3 is 0 Å². The Morgan fingerprint density at radius 1 is 1.43 bits per heavy atom. The number of aromatic amines is 2. The van der Waals surface area contributed by atoms with Crippen LogP contribution in [0.5, 0.6) is 5.75 Å². The van der Waals surface area contributed by atoms with Crippen molar-refractivity contribution >= 4 is 28.3 Å². The number of H-pyrrole nitrogens is 2. The zero-order valence-corrected chi connectivity index (χ0v) is 16.1. The number of Topliss-reactive ketones (excluding diaryl/α,β-unsaturated/α-hetero) is 1. The normalized spacial score (nSPS) is 11.3. The van der Waals surface area contributed by atoms with Crippen molar-refractivity contribution in [3.8, 4) is 28.4 Å². The first-order valence-corrected chi connectivity index (χ1v) is 8.87. The van der Waals surface area contributed by atoms with E-state index in [0.717, 1.165) is 0 Å². The Balaban J connectivity index is 2.11. The third kappa shape index (κ3) is 2.66. The minimum Gasteiger partial charge on any atom is -0.492 e. The fraction of sp³-hybridized carbons (Fsp3) is 0.222. The van der Waals surface area contributed by atoms with E-state index in [1.165, 1.54) is 6.92 Å². The molecule has 0 aliphatic heterocycles. The Bertz CT molecular complexity index is 1200. The summed E-state index contributed by atoms with van der Waals surface area (Å²) in [5.41, 5.74) is 2.15. The van der Waals surface area contributed by atoms with Crippen LogP contribution in [0.15, 0.2) is 18.5 Å². The zero-order chi connectivity index (χ0) is 20.0. The molecule has 2 N–H and O–H groups in total. The van der Waals surface area contributed by atoms with Crippen molar-refractivity contribution in [2.45, 2.75) is 13.8 Å².